The lowest BCUT2D eigenvalue weighted by molar-refractivity contribution is -0.142. The molecule has 1 aromatic heterocycles. The van der Waals surface area contributed by atoms with E-state index in [2.05, 4.69) is 15.9 Å². The van der Waals surface area contributed by atoms with Gasteiger partial charge in [-0.3, -0.25) is 4.79 Å². The molecule has 0 N–H and O–H groups in total. The number of benzene rings is 1. The van der Waals surface area contributed by atoms with E-state index < -0.39 is 5.97 Å². The summed E-state index contributed by atoms with van der Waals surface area (Å²) in [6.45, 7) is 0.364. The molecule has 2 aromatic rings. The summed E-state index contributed by atoms with van der Waals surface area (Å²) in [5.74, 6) is -0.277. The van der Waals surface area contributed by atoms with Crippen molar-refractivity contribution in [2.75, 3.05) is 18.1 Å². The van der Waals surface area contributed by atoms with Gasteiger partial charge in [-0.15, -0.1) is 0 Å². The average Bonchev–Trinajstić information content (AvgIpc) is 3.02. The first-order valence-electron chi connectivity index (χ1n) is 7.62. The number of amides is 1. The highest BCUT2D eigenvalue weighted by Crippen LogP contribution is 2.26. The van der Waals surface area contributed by atoms with Gasteiger partial charge in [0.2, 0.25) is 0 Å². The summed E-state index contributed by atoms with van der Waals surface area (Å²) < 4.78 is 10.8. The number of esters is 1. The van der Waals surface area contributed by atoms with Gasteiger partial charge in [-0.05, 0) is 58.6 Å². The Kier molecular flexibility index (Phi) is 5.15. The van der Waals surface area contributed by atoms with Crippen LogP contribution in [-0.4, -0.2) is 25.0 Å². The monoisotopic (exact) mass is 389 g/mol. The number of hydrogen-bond acceptors (Lipinski definition) is 4. The molecule has 24 heavy (non-hydrogen) atoms. The van der Waals surface area contributed by atoms with Crippen LogP contribution in [0, 0.1) is 0 Å². The number of fused-ring (bicyclic) bond motifs is 1. The van der Waals surface area contributed by atoms with E-state index in [1.54, 1.807) is 17.0 Å². The van der Waals surface area contributed by atoms with Gasteiger partial charge in [0.1, 0.15) is 5.76 Å². The van der Waals surface area contributed by atoms with E-state index in [0.717, 1.165) is 24.1 Å². The maximum Gasteiger partial charge on any atom is 0.331 e. The summed E-state index contributed by atoms with van der Waals surface area (Å²) in [5.41, 5.74) is 2.05. The number of carbonyl (C=O) groups is 2. The number of para-hydroxylation sites is 1. The zero-order valence-corrected chi connectivity index (χ0v) is 14.5. The summed E-state index contributed by atoms with van der Waals surface area (Å²) in [7, 11) is 0. The van der Waals surface area contributed by atoms with Crippen molar-refractivity contribution in [2.45, 2.75) is 12.8 Å². The summed E-state index contributed by atoms with van der Waals surface area (Å²) in [6.07, 6.45) is 4.60. The summed E-state index contributed by atoms with van der Waals surface area (Å²) in [4.78, 5) is 25.7. The van der Waals surface area contributed by atoms with Gasteiger partial charge < -0.3 is 14.1 Å². The maximum absolute atomic E-state index is 12.3. The molecule has 6 heteroatoms. The Labute approximate surface area is 148 Å². The molecule has 124 valence electrons. The molecule has 0 radical (unpaired) electrons. The topological polar surface area (TPSA) is 59.8 Å². The fraction of sp³-hybridized carbons (Fsp3) is 0.222. The van der Waals surface area contributed by atoms with E-state index in [-0.39, 0.29) is 12.5 Å². The van der Waals surface area contributed by atoms with Crippen molar-refractivity contribution >= 4 is 39.6 Å². The van der Waals surface area contributed by atoms with Gasteiger partial charge >= 0.3 is 5.97 Å². The molecule has 1 amide bonds. The minimum absolute atomic E-state index is 0.218. The smallest absolute Gasteiger partial charge is 0.331 e. The zero-order valence-electron chi connectivity index (χ0n) is 12.9. The van der Waals surface area contributed by atoms with Crippen LogP contribution in [0.3, 0.4) is 0 Å². The van der Waals surface area contributed by atoms with Crippen molar-refractivity contribution in [3.05, 3.63) is 58.5 Å². The van der Waals surface area contributed by atoms with Gasteiger partial charge in [-0.25, -0.2) is 4.79 Å². The number of nitrogens with zero attached hydrogens (tertiary/aromatic N) is 1. The molecule has 1 aliphatic rings. The Bertz CT molecular complexity index is 781. The molecular weight excluding hydrogens is 374 g/mol. The van der Waals surface area contributed by atoms with Crippen molar-refractivity contribution < 1.29 is 18.7 Å². The van der Waals surface area contributed by atoms with Crippen LogP contribution in [0.25, 0.3) is 6.08 Å². The first-order chi connectivity index (χ1) is 11.6. The molecule has 5 nitrogen and oxygen atoms in total. The minimum Gasteiger partial charge on any atom is -0.452 e. The number of rotatable bonds is 4. The van der Waals surface area contributed by atoms with E-state index in [9.17, 15) is 9.59 Å². The Balaban J connectivity index is 1.56. The molecule has 0 atom stereocenters. The largest absolute Gasteiger partial charge is 0.452 e. The van der Waals surface area contributed by atoms with E-state index in [0.29, 0.717) is 17.0 Å². The number of carbonyl (C=O) groups excluding carboxylic acids is 2. The second kappa shape index (κ2) is 7.49. The summed E-state index contributed by atoms with van der Waals surface area (Å²) >= 11 is 3.18. The molecule has 0 aliphatic carbocycles. The zero-order chi connectivity index (χ0) is 16.9. The van der Waals surface area contributed by atoms with Crippen LogP contribution >= 0.6 is 15.9 Å². The van der Waals surface area contributed by atoms with Crippen LogP contribution in [0.15, 0.2) is 51.6 Å². The van der Waals surface area contributed by atoms with E-state index in [4.69, 9.17) is 9.15 Å². The summed E-state index contributed by atoms with van der Waals surface area (Å²) in [6, 6.07) is 11.2. The van der Waals surface area contributed by atoms with Gasteiger partial charge in [-0.2, -0.15) is 0 Å². The third kappa shape index (κ3) is 3.94. The number of ether oxygens (including phenoxy) is 1. The van der Waals surface area contributed by atoms with Gasteiger partial charge in [-0.1, -0.05) is 18.2 Å². The molecule has 0 fully saturated rings. The third-order valence-electron chi connectivity index (χ3n) is 3.73. The molecule has 0 unspecified atom stereocenters. The average molecular weight is 390 g/mol. The Hall–Kier alpha value is -2.34. The molecule has 2 heterocycles. The second-order valence-electron chi connectivity index (χ2n) is 5.36. The summed E-state index contributed by atoms with van der Waals surface area (Å²) in [5, 5.41) is 0. The minimum atomic E-state index is -0.582. The van der Waals surface area contributed by atoms with Crippen molar-refractivity contribution in [1.82, 2.24) is 0 Å². The second-order valence-corrected chi connectivity index (χ2v) is 6.14. The predicted molar refractivity (Wildman–Crippen MR) is 93.5 cm³/mol. The fourth-order valence-corrected chi connectivity index (χ4v) is 2.94. The van der Waals surface area contributed by atoms with Crippen molar-refractivity contribution in [1.29, 1.82) is 0 Å². The number of aryl methyl sites for hydroxylation is 1. The molecule has 1 aliphatic heterocycles. The van der Waals surface area contributed by atoms with E-state index >= 15 is 0 Å². The van der Waals surface area contributed by atoms with Crippen molar-refractivity contribution in [3.63, 3.8) is 0 Å². The lowest BCUT2D eigenvalue weighted by Gasteiger charge is -2.29. The highest BCUT2D eigenvalue weighted by atomic mass is 79.9. The lowest BCUT2D eigenvalue weighted by Crippen LogP contribution is -2.38. The van der Waals surface area contributed by atoms with Crippen LogP contribution < -0.4 is 4.90 Å². The number of hydrogen-bond donors (Lipinski definition) is 0. The number of furan rings is 1. The normalized spacial score (nSPS) is 13.8. The first-order valence-corrected chi connectivity index (χ1v) is 8.41. The molecular formula is C18H16BrNO4. The van der Waals surface area contributed by atoms with E-state index in [1.165, 1.54) is 12.2 Å². The quantitative estimate of drug-likeness (QED) is 0.592. The lowest BCUT2D eigenvalue weighted by atomic mass is 10.0. The van der Waals surface area contributed by atoms with Crippen LogP contribution in [0.2, 0.25) is 0 Å². The molecule has 1 aromatic carbocycles. The Morgan fingerprint density at radius 1 is 1.25 bits per heavy atom. The van der Waals surface area contributed by atoms with Crippen LogP contribution in [0.5, 0.6) is 0 Å². The van der Waals surface area contributed by atoms with Gasteiger partial charge in [0.05, 0.1) is 0 Å². The van der Waals surface area contributed by atoms with E-state index in [1.807, 2.05) is 24.3 Å². The molecule has 0 saturated heterocycles. The fourth-order valence-electron chi connectivity index (χ4n) is 2.62. The first kappa shape index (κ1) is 16.5. The highest BCUT2D eigenvalue weighted by Gasteiger charge is 2.22. The SMILES string of the molecule is O=C(/C=C/c1ccc(Br)o1)OCC(=O)N1CCCc2ccccc21. The third-order valence-corrected chi connectivity index (χ3v) is 4.15. The van der Waals surface area contributed by atoms with Crippen LogP contribution in [0.4, 0.5) is 5.69 Å². The highest BCUT2D eigenvalue weighted by molar-refractivity contribution is 9.10. The Morgan fingerprint density at radius 2 is 2.08 bits per heavy atom. The van der Waals surface area contributed by atoms with Crippen molar-refractivity contribution in [3.8, 4) is 0 Å². The molecule has 0 bridgehead atoms. The molecule has 0 saturated carbocycles. The number of halogens is 1. The molecule has 0 spiro atoms. The van der Waals surface area contributed by atoms with Gasteiger partial charge in [0.25, 0.3) is 5.91 Å². The van der Waals surface area contributed by atoms with Crippen LogP contribution in [0.1, 0.15) is 17.7 Å². The molecule has 3 rings (SSSR count). The standard InChI is InChI=1S/C18H16BrNO4/c19-16-9-7-14(24-16)8-10-18(22)23-12-17(21)20-11-3-5-13-4-1-2-6-15(13)20/h1-2,4,6-10H,3,5,11-12H2/b10-8+. The number of anilines is 1. The van der Waals surface area contributed by atoms with Crippen LogP contribution in [-0.2, 0) is 20.7 Å². The Morgan fingerprint density at radius 3 is 2.88 bits per heavy atom. The van der Waals surface area contributed by atoms with Crippen molar-refractivity contribution in [2.24, 2.45) is 0 Å². The maximum atomic E-state index is 12.3. The van der Waals surface area contributed by atoms with Gasteiger partial charge in [0, 0.05) is 18.3 Å². The van der Waals surface area contributed by atoms with Gasteiger partial charge in [0.15, 0.2) is 11.3 Å². The predicted octanol–water partition coefficient (Wildman–Crippen LogP) is 3.58.